The molecule has 14 nitrogen and oxygen atoms in total. The van der Waals surface area contributed by atoms with Crippen LogP contribution in [0.5, 0.6) is 0 Å². The number of benzene rings is 4. The zero-order chi connectivity index (χ0) is 39.6. The summed E-state index contributed by atoms with van der Waals surface area (Å²) in [6.07, 6.45) is 0. The molecule has 0 aromatic heterocycles. The van der Waals surface area contributed by atoms with Crippen molar-refractivity contribution in [1.82, 2.24) is 19.6 Å². The summed E-state index contributed by atoms with van der Waals surface area (Å²) in [5.41, 5.74) is 6.32. The molecule has 14 heteroatoms. The molecule has 58 heavy (non-hydrogen) atoms. The number of para-hydroxylation sites is 2. The van der Waals surface area contributed by atoms with Crippen molar-refractivity contribution in [3.05, 3.63) is 119 Å². The van der Waals surface area contributed by atoms with Crippen molar-refractivity contribution in [2.75, 3.05) is 102 Å². The van der Waals surface area contributed by atoms with Crippen LogP contribution in [0.15, 0.2) is 107 Å². The zero-order valence-electron chi connectivity index (χ0n) is 32.2. The van der Waals surface area contributed by atoms with Crippen LogP contribution in [0.1, 0.15) is 31.8 Å². The van der Waals surface area contributed by atoms with E-state index in [2.05, 4.69) is 9.80 Å². The predicted molar refractivity (Wildman–Crippen MR) is 219 cm³/mol. The van der Waals surface area contributed by atoms with Gasteiger partial charge in [-0.1, -0.05) is 36.4 Å². The minimum Gasteiger partial charge on any atom is -0.378 e. The second-order valence-corrected chi connectivity index (χ2v) is 14.8. The first-order chi connectivity index (χ1) is 28.4. The molecule has 9 rings (SSSR count). The van der Waals surface area contributed by atoms with Gasteiger partial charge in [0.25, 0.3) is 23.6 Å². The van der Waals surface area contributed by atoms with E-state index in [1.165, 1.54) is 0 Å². The van der Waals surface area contributed by atoms with Crippen LogP contribution in [0.2, 0.25) is 0 Å². The predicted octanol–water partition coefficient (Wildman–Crippen LogP) is 3.80. The summed E-state index contributed by atoms with van der Waals surface area (Å²) in [6, 6.07) is 29.6. The average Bonchev–Trinajstić information content (AvgIpc) is 3.69. The Morgan fingerprint density at radius 1 is 0.483 bits per heavy atom. The van der Waals surface area contributed by atoms with Crippen molar-refractivity contribution < 1.29 is 28.7 Å². The van der Waals surface area contributed by atoms with E-state index in [-0.39, 0.29) is 23.6 Å². The Bertz CT molecular complexity index is 2110. The van der Waals surface area contributed by atoms with Crippen molar-refractivity contribution in [3.63, 3.8) is 0 Å². The van der Waals surface area contributed by atoms with Crippen LogP contribution in [0.25, 0.3) is 0 Å². The molecule has 0 atom stereocenters. The summed E-state index contributed by atoms with van der Waals surface area (Å²) in [4.78, 5) is 75.0. The first-order valence-electron chi connectivity index (χ1n) is 19.8. The first-order valence-corrected chi connectivity index (χ1v) is 19.8. The van der Waals surface area contributed by atoms with E-state index in [0.29, 0.717) is 126 Å². The number of carbonyl (C=O) groups excluding carboxylic acids is 4. The van der Waals surface area contributed by atoms with Gasteiger partial charge in [-0.2, -0.15) is 0 Å². The van der Waals surface area contributed by atoms with Crippen LogP contribution in [0, 0.1) is 0 Å². The number of amides is 4. The molecule has 4 aromatic carbocycles. The highest BCUT2D eigenvalue weighted by Crippen LogP contribution is 2.33. The highest BCUT2D eigenvalue weighted by Gasteiger charge is 2.37. The third-order valence-corrected chi connectivity index (χ3v) is 11.3. The van der Waals surface area contributed by atoms with Gasteiger partial charge in [0.2, 0.25) is 0 Å². The van der Waals surface area contributed by atoms with Crippen LogP contribution in [0.4, 0.5) is 22.7 Å². The van der Waals surface area contributed by atoms with Gasteiger partial charge in [-0.3, -0.25) is 38.8 Å². The van der Waals surface area contributed by atoms with Crippen LogP contribution >= 0.6 is 0 Å². The Labute approximate surface area is 336 Å². The number of morpholine rings is 2. The Kier molecular flexibility index (Phi) is 10.6. The molecular formula is C44H44N8O6. The number of hydrogen-bond acceptors (Lipinski definition) is 10. The average molecular weight is 781 g/mol. The quantitative estimate of drug-likeness (QED) is 0.264. The lowest BCUT2D eigenvalue weighted by atomic mass is 10.1. The Morgan fingerprint density at radius 3 is 1.22 bits per heavy atom. The number of piperazine rings is 1. The molecule has 3 fully saturated rings. The third-order valence-electron chi connectivity index (χ3n) is 11.3. The van der Waals surface area contributed by atoms with E-state index in [4.69, 9.17) is 19.5 Å². The molecule has 5 heterocycles. The van der Waals surface area contributed by atoms with Gasteiger partial charge in [0.1, 0.15) is 11.4 Å². The molecule has 296 valence electrons. The Hall–Kier alpha value is -6.06. The van der Waals surface area contributed by atoms with Gasteiger partial charge in [0.15, 0.2) is 0 Å². The maximum Gasteiger partial charge on any atom is 0.278 e. The standard InChI is InChI=1S/C44H44N8O6/c53-41(49-21-25-57-26-22-49)31-9-13-33(14-10-31)45-39-35-5-1-3-7-37(35)51(43(39)55)29-47-17-19-48(20-18-47)30-52-38-8-4-2-6-36(38)40(44(52)56)46-34-15-11-32(12-16-34)42(54)50-23-27-58-28-24-50/h1-16H,17-30H2. The molecule has 4 amide bonds. The highest BCUT2D eigenvalue weighted by molar-refractivity contribution is 6.55. The van der Waals surface area contributed by atoms with Crippen molar-refractivity contribution in [3.8, 4) is 0 Å². The van der Waals surface area contributed by atoms with Crippen molar-refractivity contribution >= 4 is 57.8 Å². The van der Waals surface area contributed by atoms with Gasteiger partial charge in [-0.05, 0) is 60.7 Å². The van der Waals surface area contributed by atoms with Gasteiger partial charge in [-0.15, -0.1) is 0 Å². The SMILES string of the molecule is O=C(c1ccc(N=C2C(=O)N(CN3CCN(CN4C(=O)C(=Nc5ccc(C(=O)N6CCOCC6)cc5)c5ccccc54)CC3)c3ccccc32)cc1)N1CCOCC1. The summed E-state index contributed by atoms with van der Waals surface area (Å²) < 4.78 is 10.8. The van der Waals surface area contributed by atoms with Gasteiger partial charge in [0, 0.05) is 74.6 Å². The second kappa shape index (κ2) is 16.4. The van der Waals surface area contributed by atoms with Crippen molar-refractivity contribution in [2.24, 2.45) is 9.98 Å². The fourth-order valence-electron chi connectivity index (χ4n) is 8.01. The fraction of sp³-hybridized carbons (Fsp3) is 0.318. The van der Waals surface area contributed by atoms with E-state index in [1.807, 2.05) is 48.5 Å². The Balaban J connectivity index is 0.833. The number of carbonyl (C=O) groups is 4. The second-order valence-electron chi connectivity index (χ2n) is 14.8. The topological polar surface area (TPSA) is 131 Å². The summed E-state index contributed by atoms with van der Waals surface area (Å²) in [5.74, 6) is -0.407. The molecule has 0 N–H and O–H groups in total. The lowest BCUT2D eigenvalue weighted by Crippen LogP contribution is -2.53. The van der Waals surface area contributed by atoms with Gasteiger partial charge in [0.05, 0.1) is 62.5 Å². The van der Waals surface area contributed by atoms with Crippen LogP contribution in [-0.2, 0) is 19.1 Å². The molecule has 5 aliphatic heterocycles. The molecule has 0 bridgehead atoms. The minimum absolute atomic E-state index is 0.0380. The lowest BCUT2D eigenvalue weighted by molar-refractivity contribution is -0.113. The molecule has 0 aliphatic carbocycles. The number of anilines is 2. The lowest BCUT2D eigenvalue weighted by Gasteiger charge is -2.38. The minimum atomic E-state index is -0.165. The maximum absolute atomic E-state index is 14.0. The largest absolute Gasteiger partial charge is 0.378 e. The molecule has 0 spiro atoms. The van der Waals surface area contributed by atoms with E-state index in [0.717, 1.165) is 22.5 Å². The number of nitrogens with zero attached hydrogens (tertiary/aromatic N) is 8. The monoisotopic (exact) mass is 780 g/mol. The van der Waals surface area contributed by atoms with Gasteiger partial charge in [-0.25, -0.2) is 9.98 Å². The summed E-state index contributed by atoms with van der Waals surface area (Å²) >= 11 is 0. The smallest absolute Gasteiger partial charge is 0.278 e. The molecule has 4 aromatic rings. The molecule has 0 radical (unpaired) electrons. The zero-order valence-corrected chi connectivity index (χ0v) is 32.2. The van der Waals surface area contributed by atoms with E-state index in [9.17, 15) is 19.2 Å². The summed E-state index contributed by atoms with van der Waals surface area (Å²) in [7, 11) is 0. The number of rotatable bonds is 8. The van der Waals surface area contributed by atoms with Crippen LogP contribution < -0.4 is 9.80 Å². The molecule has 3 saturated heterocycles. The van der Waals surface area contributed by atoms with Crippen LogP contribution in [-0.4, -0.2) is 147 Å². The fourth-order valence-corrected chi connectivity index (χ4v) is 8.01. The van der Waals surface area contributed by atoms with E-state index >= 15 is 0 Å². The van der Waals surface area contributed by atoms with Gasteiger partial charge >= 0.3 is 0 Å². The van der Waals surface area contributed by atoms with Crippen molar-refractivity contribution in [1.29, 1.82) is 0 Å². The summed E-state index contributed by atoms with van der Waals surface area (Å²) in [5, 5.41) is 0. The molecule has 0 saturated carbocycles. The van der Waals surface area contributed by atoms with Gasteiger partial charge < -0.3 is 19.3 Å². The highest BCUT2D eigenvalue weighted by atomic mass is 16.5. The van der Waals surface area contributed by atoms with E-state index in [1.54, 1.807) is 68.1 Å². The number of ether oxygens (including phenoxy) is 2. The first kappa shape index (κ1) is 37.5. The number of fused-ring (bicyclic) bond motifs is 2. The number of aliphatic imine (C=N–C) groups is 2. The van der Waals surface area contributed by atoms with Crippen molar-refractivity contribution in [2.45, 2.75) is 0 Å². The molecule has 5 aliphatic rings. The normalized spacial score (nSPS) is 20.3. The maximum atomic E-state index is 14.0. The molecular weight excluding hydrogens is 737 g/mol. The molecule has 0 unspecified atom stereocenters. The number of hydrogen-bond donors (Lipinski definition) is 0. The Morgan fingerprint density at radius 2 is 0.845 bits per heavy atom. The van der Waals surface area contributed by atoms with Crippen LogP contribution in [0.3, 0.4) is 0 Å². The van der Waals surface area contributed by atoms with E-state index < -0.39 is 0 Å². The third kappa shape index (κ3) is 7.54. The summed E-state index contributed by atoms with van der Waals surface area (Å²) in [6.45, 7) is 8.08.